The number of ether oxygens (including phenoxy) is 1. The fourth-order valence-corrected chi connectivity index (χ4v) is 2.05. The van der Waals surface area contributed by atoms with Crippen LogP contribution in [-0.2, 0) is 0 Å². The fraction of sp³-hybridized carbons (Fsp3) is 0.0714. The van der Waals surface area contributed by atoms with Crippen molar-refractivity contribution in [3.8, 4) is 17.6 Å². The Bertz CT molecular complexity index is 607. The molecule has 0 aliphatic carbocycles. The smallest absolute Gasteiger partial charge is 0.148 e. The SMILES string of the molecule is CSc1ccccc1Oc1cccc(F)c1C#N. The molecule has 0 fully saturated rings. The van der Waals surface area contributed by atoms with Crippen LogP contribution in [0, 0.1) is 17.1 Å². The van der Waals surface area contributed by atoms with Crippen LogP contribution in [0.5, 0.6) is 11.5 Å². The van der Waals surface area contributed by atoms with Crippen LogP contribution >= 0.6 is 11.8 Å². The second-order valence-corrected chi connectivity index (χ2v) is 4.33. The predicted octanol–water partition coefficient (Wildman–Crippen LogP) is 4.21. The first-order valence-corrected chi connectivity index (χ1v) is 6.48. The molecule has 0 saturated heterocycles. The van der Waals surface area contributed by atoms with E-state index in [1.807, 2.05) is 30.5 Å². The van der Waals surface area contributed by atoms with Gasteiger partial charge in [-0.15, -0.1) is 11.8 Å². The topological polar surface area (TPSA) is 33.0 Å². The summed E-state index contributed by atoms with van der Waals surface area (Å²) in [7, 11) is 0. The summed E-state index contributed by atoms with van der Waals surface area (Å²) in [6.07, 6.45) is 1.93. The summed E-state index contributed by atoms with van der Waals surface area (Å²) in [6, 6.07) is 13.6. The summed E-state index contributed by atoms with van der Waals surface area (Å²) in [4.78, 5) is 0.936. The van der Waals surface area contributed by atoms with Crippen molar-refractivity contribution in [2.24, 2.45) is 0 Å². The Morgan fingerprint density at radius 3 is 2.56 bits per heavy atom. The molecule has 0 aliphatic rings. The molecule has 0 spiro atoms. The maximum absolute atomic E-state index is 13.4. The van der Waals surface area contributed by atoms with Crippen molar-refractivity contribution in [1.82, 2.24) is 0 Å². The number of halogens is 1. The first-order valence-electron chi connectivity index (χ1n) is 5.25. The number of nitrogens with zero attached hydrogens (tertiary/aromatic N) is 1. The summed E-state index contributed by atoms with van der Waals surface area (Å²) in [5, 5.41) is 8.93. The zero-order valence-electron chi connectivity index (χ0n) is 9.68. The van der Waals surface area contributed by atoms with Crippen molar-refractivity contribution >= 4 is 11.8 Å². The van der Waals surface area contributed by atoms with Gasteiger partial charge in [0, 0.05) is 4.90 Å². The molecule has 2 aromatic carbocycles. The molecule has 90 valence electrons. The second-order valence-electron chi connectivity index (χ2n) is 3.48. The highest BCUT2D eigenvalue weighted by atomic mass is 32.2. The Kier molecular flexibility index (Phi) is 3.85. The van der Waals surface area contributed by atoms with Crippen molar-refractivity contribution in [3.05, 3.63) is 53.8 Å². The number of thioether (sulfide) groups is 1. The van der Waals surface area contributed by atoms with E-state index in [1.165, 1.54) is 23.9 Å². The quantitative estimate of drug-likeness (QED) is 0.774. The van der Waals surface area contributed by atoms with Crippen LogP contribution in [-0.4, -0.2) is 6.26 Å². The Balaban J connectivity index is 2.41. The molecule has 2 rings (SSSR count). The lowest BCUT2D eigenvalue weighted by molar-refractivity contribution is 0.464. The summed E-state index contributed by atoms with van der Waals surface area (Å²) < 4.78 is 19.0. The number of nitriles is 1. The molecule has 0 N–H and O–H groups in total. The van der Waals surface area contributed by atoms with Gasteiger partial charge in [0.2, 0.25) is 0 Å². The maximum Gasteiger partial charge on any atom is 0.148 e. The summed E-state index contributed by atoms with van der Waals surface area (Å²) in [6.45, 7) is 0. The van der Waals surface area contributed by atoms with E-state index in [1.54, 1.807) is 12.1 Å². The monoisotopic (exact) mass is 259 g/mol. The molecule has 0 bridgehead atoms. The van der Waals surface area contributed by atoms with Crippen LogP contribution < -0.4 is 4.74 Å². The number of hydrogen-bond donors (Lipinski definition) is 0. The largest absolute Gasteiger partial charge is 0.455 e. The van der Waals surface area contributed by atoms with E-state index in [0.29, 0.717) is 5.75 Å². The Hall–Kier alpha value is -1.99. The van der Waals surface area contributed by atoms with Crippen molar-refractivity contribution in [1.29, 1.82) is 5.26 Å². The average molecular weight is 259 g/mol. The molecule has 18 heavy (non-hydrogen) atoms. The third-order valence-corrected chi connectivity index (χ3v) is 3.15. The minimum atomic E-state index is -0.573. The Morgan fingerprint density at radius 1 is 1.11 bits per heavy atom. The molecule has 0 heterocycles. The number of hydrogen-bond acceptors (Lipinski definition) is 3. The van der Waals surface area contributed by atoms with Crippen LogP contribution in [0.4, 0.5) is 4.39 Å². The second kappa shape index (κ2) is 5.56. The summed E-state index contributed by atoms with van der Waals surface area (Å²) >= 11 is 1.53. The van der Waals surface area contributed by atoms with Crippen molar-refractivity contribution in [3.63, 3.8) is 0 Å². The third kappa shape index (κ3) is 2.47. The molecule has 0 unspecified atom stereocenters. The maximum atomic E-state index is 13.4. The van der Waals surface area contributed by atoms with E-state index in [4.69, 9.17) is 10.00 Å². The molecule has 2 aromatic rings. The van der Waals surface area contributed by atoms with Crippen LogP contribution in [0.25, 0.3) is 0 Å². The highest BCUT2D eigenvalue weighted by Crippen LogP contribution is 2.33. The molecule has 2 nitrogen and oxygen atoms in total. The molecule has 0 atom stereocenters. The lowest BCUT2D eigenvalue weighted by atomic mass is 10.2. The van der Waals surface area contributed by atoms with Gasteiger partial charge >= 0.3 is 0 Å². The molecular weight excluding hydrogens is 249 g/mol. The molecule has 0 radical (unpaired) electrons. The molecule has 4 heteroatoms. The highest BCUT2D eigenvalue weighted by Gasteiger charge is 2.11. The number of rotatable bonds is 3. The lowest BCUT2D eigenvalue weighted by Crippen LogP contribution is -1.92. The van der Waals surface area contributed by atoms with E-state index >= 15 is 0 Å². The van der Waals surface area contributed by atoms with Crippen molar-refractivity contribution < 1.29 is 9.13 Å². The van der Waals surface area contributed by atoms with Gasteiger partial charge < -0.3 is 4.74 Å². The third-order valence-electron chi connectivity index (χ3n) is 2.38. The average Bonchev–Trinajstić information content (AvgIpc) is 2.40. The lowest BCUT2D eigenvalue weighted by Gasteiger charge is -2.10. The van der Waals surface area contributed by atoms with Gasteiger partial charge in [-0.2, -0.15) is 5.26 Å². The zero-order chi connectivity index (χ0) is 13.0. The van der Waals surface area contributed by atoms with E-state index in [2.05, 4.69) is 0 Å². The van der Waals surface area contributed by atoms with E-state index in [-0.39, 0.29) is 11.3 Å². The highest BCUT2D eigenvalue weighted by molar-refractivity contribution is 7.98. The van der Waals surface area contributed by atoms with Gasteiger partial charge in [-0.05, 0) is 30.5 Å². The minimum absolute atomic E-state index is 0.0755. The number of para-hydroxylation sites is 1. The van der Waals surface area contributed by atoms with E-state index in [9.17, 15) is 4.39 Å². The van der Waals surface area contributed by atoms with E-state index in [0.717, 1.165) is 4.90 Å². The summed E-state index contributed by atoms with van der Waals surface area (Å²) in [5.41, 5.74) is -0.0755. The Morgan fingerprint density at radius 2 is 1.83 bits per heavy atom. The summed E-state index contributed by atoms with van der Waals surface area (Å²) in [5.74, 6) is 0.280. The Labute approximate surface area is 109 Å². The van der Waals surface area contributed by atoms with Gasteiger partial charge in [-0.25, -0.2) is 4.39 Å². The van der Waals surface area contributed by atoms with Gasteiger partial charge in [-0.1, -0.05) is 18.2 Å². The number of benzene rings is 2. The van der Waals surface area contributed by atoms with Crippen molar-refractivity contribution in [2.45, 2.75) is 4.90 Å². The zero-order valence-corrected chi connectivity index (χ0v) is 10.5. The normalized spacial score (nSPS) is 9.83. The molecule has 0 amide bonds. The van der Waals surface area contributed by atoms with Crippen LogP contribution in [0.15, 0.2) is 47.4 Å². The van der Waals surface area contributed by atoms with Gasteiger partial charge in [-0.3, -0.25) is 0 Å². The molecule has 0 saturated carbocycles. The van der Waals surface area contributed by atoms with E-state index < -0.39 is 5.82 Å². The van der Waals surface area contributed by atoms with Crippen LogP contribution in [0.3, 0.4) is 0 Å². The minimum Gasteiger partial charge on any atom is -0.455 e. The van der Waals surface area contributed by atoms with Gasteiger partial charge in [0.25, 0.3) is 0 Å². The van der Waals surface area contributed by atoms with Gasteiger partial charge in [0.1, 0.15) is 28.9 Å². The molecule has 0 aliphatic heterocycles. The van der Waals surface area contributed by atoms with Crippen LogP contribution in [0.2, 0.25) is 0 Å². The standard InChI is InChI=1S/C14H10FNOS/c1-18-14-8-3-2-6-13(14)17-12-7-4-5-11(15)10(12)9-16/h2-8H,1H3. The first-order chi connectivity index (χ1) is 8.76. The van der Waals surface area contributed by atoms with Gasteiger partial charge in [0.15, 0.2) is 0 Å². The molecular formula is C14H10FNOS. The first kappa shape index (κ1) is 12.5. The van der Waals surface area contributed by atoms with Crippen LogP contribution in [0.1, 0.15) is 5.56 Å². The molecule has 0 aromatic heterocycles. The fourth-order valence-electron chi connectivity index (χ4n) is 1.52. The van der Waals surface area contributed by atoms with Crippen molar-refractivity contribution in [2.75, 3.05) is 6.26 Å². The van der Waals surface area contributed by atoms with Gasteiger partial charge in [0.05, 0.1) is 0 Å². The predicted molar refractivity (Wildman–Crippen MR) is 69.4 cm³/mol.